The van der Waals surface area contributed by atoms with Gasteiger partial charge in [-0.2, -0.15) is 0 Å². The lowest BCUT2D eigenvalue weighted by Crippen LogP contribution is -1.93. The molecular formula is C8H20O2. The van der Waals surface area contributed by atoms with E-state index >= 15 is 0 Å². The van der Waals surface area contributed by atoms with Gasteiger partial charge in [0.05, 0.1) is 6.10 Å². The molecule has 0 fully saturated rings. The average molecular weight is 148 g/mol. The maximum atomic E-state index is 8.36. The number of hydrogen-bond donors (Lipinski definition) is 1. The van der Waals surface area contributed by atoms with E-state index in [1.165, 1.54) is 0 Å². The van der Waals surface area contributed by atoms with Gasteiger partial charge in [-0.3, -0.25) is 0 Å². The molecule has 0 amide bonds. The summed E-state index contributed by atoms with van der Waals surface area (Å²) in [6, 6.07) is 0. The summed E-state index contributed by atoms with van der Waals surface area (Å²) in [5.41, 5.74) is 0. The van der Waals surface area contributed by atoms with Gasteiger partial charge in [0, 0.05) is 13.2 Å². The number of rotatable bonds is 3. The lowest BCUT2D eigenvalue weighted by molar-refractivity contribution is 0.162. The molecule has 2 nitrogen and oxygen atoms in total. The van der Waals surface area contributed by atoms with Crippen LogP contribution in [-0.2, 0) is 4.74 Å². The van der Waals surface area contributed by atoms with Crippen molar-refractivity contribution in [2.75, 3.05) is 13.2 Å². The Balaban J connectivity index is 0. The molecule has 0 aromatic carbocycles. The first-order chi connectivity index (χ1) is 4.68. The molecule has 0 radical (unpaired) electrons. The van der Waals surface area contributed by atoms with Gasteiger partial charge >= 0.3 is 0 Å². The van der Waals surface area contributed by atoms with Crippen molar-refractivity contribution in [2.24, 2.45) is 0 Å². The minimum absolute atomic E-state index is 0.116. The van der Waals surface area contributed by atoms with Crippen LogP contribution in [0.15, 0.2) is 0 Å². The average Bonchev–Trinajstić information content (AvgIpc) is 1.91. The van der Waals surface area contributed by atoms with E-state index in [-0.39, 0.29) is 6.10 Å². The Morgan fingerprint density at radius 3 is 1.50 bits per heavy atom. The van der Waals surface area contributed by atoms with Gasteiger partial charge < -0.3 is 9.84 Å². The van der Waals surface area contributed by atoms with Gasteiger partial charge in [0.15, 0.2) is 0 Å². The minimum Gasteiger partial charge on any atom is -0.393 e. The molecule has 0 heterocycles. The fourth-order valence-corrected chi connectivity index (χ4v) is 0.204. The Kier molecular flexibility index (Phi) is 14.7. The molecule has 1 atom stereocenters. The van der Waals surface area contributed by atoms with Gasteiger partial charge in [0.1, 0.15) is 0 Å². The van der Waals surface area contributed by atoms with Crippen LogP contribution < -0.4 is 0 Å². The molecule has 0 aliphatic rings. The summed E-state index contributed by atoms with van der Waals surface area (Å²) in [4.78, 5) is 0. The maximum Gasteiger partial charge on any atom is 0.0509 e. The quantitative estimate of drug-likeness (QED) is 0.661. The summed E-state index contributed by atoms with van der Waals surface area (Å²) in [6.45, 7) is 9.39. The molecule has 10 heavy (non-hydrogen) atoms. The fourth-order valence-electron chi connectivity index (χ4n) is 0.204. The Bertz CT molecular complexity index is 42.5. The van der Waals surface area contributed by atoms with E-state index in [1.54, 1.807) is 6.92 Å². The zero-order valence-electron chi connectivity index (χ0n) is 7.55. The molecule has 0 saturated heterocycles. The van der Waals surface area contributed by atoms with Crippen LogP contribution in [0, 0.1) is 0 Å². The van der Waals surface area contributed by atoms with Crippen LogP contribution >= 0.6 is 0 Å². The van der Waals surface area contributed by atoms with Gasteiger partial charge in [-0.1, -0.05) is 6.92 Å². The summed E-state index contributed by atoms with van der Waals surface area (Å²) in [7, 11) is 0. The second kappa shape index (κ2) is 11.7. The molecule has 64 valence electrons. The van der Waals surface area contributed by atoms with Crippen molar-refractivity contribution in [1.82, 2.24) is 0 Å². The highest BCUT2D eigenvalue weighted by Gasteiger charge is 1.81. The molecule has 1 unspecified atom stereocenters. The zero-order valence-corrected chi connectivity index (χ0v) is 7.55. The van der Waals surface area contributed by atoms with Crippen LogP contribution in [0.25, 0.3) is 0 Å². The maximum absolute atomic E-state index is 8.36. The van der Waals surface area contributed by atoms with Crippen LogP contribution in [0.4, 0.5) is 0 Å². The van der Waals surface area contributed by atoms with E-state index in [4.69, 9.17) is 9.84 Å². The molecule has 0 aliphatic heterocycles. The molecule has 0 aromatic heterocycles. The Labute approximate surface area is 64.2 Å². The number of aliphatic hydroxyl groups excluding tert-OH is 1. The number of aliphatic hydroxyl groups is 1. The summed E-state index contributed by atoms with van der Waals surface area (Å²) >= 11 is 0. The van der Waals surface area contributed by atoms with Crippen LogP contribution in [0.1, 0.15) is 34.1 Å². The van der Waals surface area contributed by atoms with Crippen molar-refractivity contribution in [1.29, 1.82) is 0 Å². The second-order valence-corrected chi connectivity index (χ2v) is 2.04. The molecule has 0 aliphatic carbocycles. The normalized spacial score (nSPS) is 11.7. The molecule has 1 N–H and O–H groups in total. The molecule has 0 spiro atoms. The van der Waals surface area contributed by atoms with Crippen molar-refractivity contribution >= 4 is 0 Å². The lowest BCUT2D eigenvalue weighted by Gasteiger charge is -1.90. The molecule has 0 rings (SSSR count). The van der Waals surface area contributed by atoms with Crippen molar-refractivity contribution in [3.8, 4) is 0 Å². The van der Waals surface area contributed by atoms with Crippen molar-refractivity contribution in [3.05, 3.63) is 0 Å². The third kappa shape index (κ3) is 24.7. The first-order valence-corrected chi connectivity index (χ1v) is 3.94. The van der Waals surface area contributed by atoms with Crippen LogP contribution in [0.3, 0.4) is 0 Å². The monoisotopic (exact) mass is 148 g/mol. The van der Waals surface area contributed by atoms with Crippen molar-refractivity contribution in [3.63, 3.8) is 0 Å². The van der Waals surface area contributed by atoms with E-state index in [0.717, 1.165) is 19.6 Å². The summed E-state index contributed by atoms with van der Waals surface area (Å²) in [6.07, 6.45) is 0.745. The summed E-state index contributed by atoms with van der Waals surface area (Å²) < 4.78 is 4.83. The molecule has 0 bridgehead atoms. The van der Waals surface area contributed by atoms with Crippen LogP contribution in [0.2, 0.25) is 0 Å². The zero-order chi connectivity index (χ0) is 8.41. The van der Waals surface area contributed by atoms with Crippen molar-refractivity contribution in [2.45, 2.75) is 40.2 Å². The van der Waals surface area contributed by atoms with E-state index in [9.17, 15) is 0 Å². The SMILES string of the molecule is CCC(C)O.CCOCC. The predicted octanol–water partition coefficient (Wildman–Crippen LogP) is 1.82. The van der Waals surface area contributed by atoms with Gasteiger partial charge in [-0.05, 0) is 27.2 Å². The highest BCUT2D eigenvalue weighted by atomic mass is 16.5. The standard InChI is InChI=1S/2C4H10O/c1-3-5-4-2;1-3-4(2)5/h3-4H2,1-2H3;4-5H,3H2,1-2H3. The van der Waals surface area contributed by atoms with Gasteiger partial charge in [0.2, 0.25) is 0 Å². The predicted molar refractivity (Wildman–Crippen MR) is 44.1 cm³/mol. The molecule has 2 heteroatoms. The first-order valence-electron chi connectivity index (χ1n) is 3.94. The minimum atomic E-state index is -0.116. The van der Waals surface area contributed by atoms with Gasteiger partial charge in [0.25, 0.3) is 0 Å². The van der Waals surface area contributed by atoms with E-state index in [0.29, 0.717) is 0 Å². The van der Waals surface area contributed by atoms with Crippen LogP contribution in [-0.4, -0.2) is 24.4 Å². The highest BCUT2D eigenvalue weighted by molar-refractivity contribution is 4.34. The molecular weight excluding hydrogens is 128 g/mol. The van der Waals surface area contributed by atoms with E-state index < -0.39 is 0 Å². The largest absolute Gasteiger partial charge is 0.393 e. The molecule has 0 saturated carbocycles. The lowest BCUT2D eigenvalue weighted by atomic mass is 10.3. The van der Waals surface area contributed by atoms with E-state index in [2.05, 4.69) is 0 Å². The number of ether oxygens (including phenoxy) is 1. The third-order valence-electron chi connectivity index (χ3n) is 0.999. The molecule has 0 aromatic rings. The third-order valence-corrected chi connectivity index (χ3v) is 0.999. The summed E-state index contributed by atoms with van der Waals surface area (Å²) in [5.74, 6) is 0. The van der Waals surface area contributed by atoms with Gasteiger partial charge in [-0.15, -0.1) is 0 Å². The fraction of sp³-hybridized carbons (Fsp3) is 1.00. The second-order valence-electron chi connectivity index (χ2n) is 2.04. The van der Waals surface area contributed by atoms with Crippen LogP contribution in [0.5, 0.6) is 0 Å². The Morgan fingerprint density at radius 2 is 1.50 bits per heavy atom. The Morgan fingerprint density at radius 1 is 1.20 bits per heavy atom. The topological polar surface area (TPSA) is 29.5 Å². The smallest absolute Gasteiger partial charge is 0.0509 e. The first kappa shape index (κ1) is 12.6. The van der Waals surface area contributed by atoms with Gasteiger partial charge in [-0.25, -0.2) is 0 Å². The Hall–Kier alpha value is -0.0800. The summed E-state index contributed by atoms with van der Waals surface area (Å²) in [5, 5.41) is 8.36. The van der Waals surface area contributed by atoms with Crippen molar-refractivity contribution < 1.29 is 9.84 Å². The number of hydrogen-bond acceptors (Lipinski definition) is 2. The van der Waals surface area contributed by atoms with E-state index in [1.807, 2.05) is 20.8 Å². The highest BCUT2D eigenvalue weighted by Crippen LogP contribution is 1.81.